The highest BCUT2D eigenvalue weighted by Crippen LogP contribution is 2.23. The van der Waals surface area contributed by atoms with E-state index in [1.165, 1.54) is 0 Å². The van der Waals surface area contributed by atoms with E-state index in [2.05, 4.69) is 10.3 Å². The summed E-state index contributed by atoms with van der Waals surface area (Å²) in [5.74, 6) is -0.0766. The number of nitrogens with one attached hydrogen (secondary N) is 1. The summed E-state index contributed by atoms with van der Waals surface area (Å²) in [6.07, 6.45) is 2.50. The van der Waals surface area contributed by atoms with Crippen molar-refractivity contribution < 1.29 is 9.90 Å². The summed E-state index contributed by atoms with van der Waals surface area (Å²) in [6, 6.07) is 19.2. The zero-order chi connectivity index (χ0) is 18.4. The van der Waals surface area contributed by atoms with Gasteiger partial charge in [0.1, 0.15) is 0 Å². The Morgan fingerprint density at radius 3 is 2.46 bits per heavy atom. The fraction of sp³-hybridized carbons (Fsp3) is 0.182. The SMILES string of the molecule is Cc1c(C(=O)NCCc2ccc(CO)cc2)cccc1-c1ccccn1. The van der Waals surface area contributed by atoms with Gasteiger partial charge in [0.05, 0.1) is 12.3 Å². The van der Waals surface area contributed by atoms with Crippen molar-refractivity contribution in [3.8, 4) is 11.3 Å². The Morgan fingerprint density at radius 2 is 1.77 bits per heavy atom. The first kappa shape index (κ1) is 17.8. The number of aliphatic hydroxyl groups is 1. The number of carbonyl (C=O) groups excluding carboxylic acids is 1. The zero-order valence-electron chi connectivity index (χ0n) is 14.8. The average molecular weight is 346 g/mol. The van der Waals surface area contributed by atoms with Gasteiger partial charge in [-0.3, -0.25) is 9.78 Å². The fourth-order valence-corrected chi connectivity index (χ4v) is 2.91. The molecule has 4 nitrogen and oxygen atoms in total. The molecule has 4 heteroatoms. The normalized spacial score (nSPS) is 10.5. The van der Waals surface area contributed by atoms with Crippen LogP contribution >= 0.6 is 0 Å². The lowest BCUT2D eigenvalue weighted by atomic mass is 9.99. The molecule has 0 atom stereocenters. The van der Waals surface area contributed by atoms with Crippen LogP contribution in [0.4, 0.5) is 0 Å². The van der Waals surface area contributed by atoms with Gasteiger partial charge >= 0.3 is 0 Å². The molecule has 0 aliphatic rings. The molecule has 0 bridgehead atoms. The molecule has 2 N–H and O–H groups in total. The standard InChI is InChI=1S/C22H22N2O2/c1-16-19(21-7-2-3-13-23-21)5-4-6-20(16)22(26)24-14-12-17-8-10-18(15-25)11-9-17/h2-11,13,25H,12,14-15H2,1H3,(H,24,26). The number of amides is 1. The number of hydrogen-bond donors (Lipinski definition) is 2. The van der Waals surface area contributed by atoms with Gasteiger partial charge in [-0.05, 0) is 48.2 Å². The third-order valence-corrected chi connectivity index (χ3v) is 4.42. The third-order valence-electron chi connectivity index (χ3n) is 4.42. The van der Waals surface area contributed by atoms with Crippen LogP contribution in [-0.2, 0) is 13.0 Å². The smallest absolute Gasteiger partial charge is 0.251 e. The van der Waals surface area contributed by atoms with Crippen molar-refractivity contribution in [3.63, 3.8) is 0 Å². The molecule has 3 aromatic rings. The van der Waals surface area contributed by atoms with Gasteiger partial charge < -0.3 is 10.4 Å². The molecule has 0 aliphatic heterocycles. The summed E-state index contributed by atoms with van der Waals surface area (Å²) >= 11 is 0. The molecule has 2 aromatic carbocycles. The van der Waals surface area contributed by atoms with Crippen molar-refractivity contribution >= 4 is 5.91 Å². The number of aliphatic hydroxyl groups excluding tert-OH is 1. The lowest BCUT2D eigenvalue weighted by Gasteiger charge is -2.11. The second kappa shape index (κ2) is 8.41. The minimum Gasteiger partial charge on any atom is -0.392 e. The van der Waals surface area contributed by atoms with Crippen molar-refractivity contribution in [1.29, 1.82) is 0 Å². The topological polar surface area (TPSA) is 62.2 Å². The van der Waals surface area contributed by atoms with Gasteiger partial charge in [-0.15, -0.1) is 0 Å². The molecule has 1 heterocycles. The largest absolute Gasteiger partial charge is 0.392 e. The molecule has 132 valence electrons. The second-order valence-corrected chi connectivity index (χ2v) is 6.17. The van der Waals surface area contributed by atoms with Crippen molar-refractivity contribution in [3.05, 3.63) is 89.1 Å². The molecular formula is C22H22N2O2. The van der Waals surface area contributed by atoms with Crippen molar-refractivity contribution in [2.24, 2.45) is 0 Å². The number of pyridine rings is 1. The Morgan fingerprint density at radius 1 is 1.00 bits per heavy atom. The van der Waals surface area contributed by atoms with Gasteiger partial charge in [-0.2, -0.15) is 0 Å². The fourth-order valence-electron chi connectivity index (χ4n) is 2.91. The summed E-state index contributed by atoms with van der Waals surface area (Å²) in [4.78, 5) is 17.0. The molecule has 0 fully saturated rings. The van der Waals surface area contributed by atoms with Crippen molar-refractivity contribution in [1.82, 2.24) is 10.3 Å². The maximum absolute atomic E-state index is 12.6. The molecule has 0 radical (unpaired) electrons. The highest BCUT2D eigenvalue weighted by molar-refractivity contribution is 5.97. The van der Waals surface area contributed by atoms with E-state index < -0.39 is 0 Å². The van der Waals surface area contributed by atoms with E-state index in [-0.39, 0.29) is 12.5 Å². The lowest BCUT2D eigenvalue weighted by Crippen LogP contribution is -2.26. The molecule has 0 unspecified atom stereocenters. The number of nitrogens with zero attached hydrogens (tertiary/aromatic N) is 1. The number of carbonyl (C=O) groups is 1. The number of benzene rings is 2. The highest BCUT2D eigenvalue weighted by Gasteiger charge is 2.12. The highest BCUT2D eigenvalue weighted by atomic mass is 16.3. The van der Waals surface area contributed by atoms with Crippen LogP contribution in [0.3, 0.4) is 0 Å². The van der Waals surface area contributed by atoms with Gasteiger partial charge in [-0.25, -0.2) is 0 Å². The van der Waals surface area contributed by atoms with E-state index >= 15 is 0 Å². The monoisotopic (exact) mass is 346 g/mol. The average Bonchev–Trinajstić information content (AvgIpc) is 2.69. The summed E-state index contributed by atoms with van der Waals surface area (Å²) in [7, 11) is 0. The van der Waals surface area contributed by atoms with Crippen LogP contribution in [0.15, 0.2) is 66.9 Å². The zero-order valence-corrected chi connectivity index (χ0v) is 14.8. The van der Waals surface area contributed by atoms with Gasteiger partial charge in [0.15, 0.2) is 0 Å². The molecule has 0 saturated carbocycles. The minimum absolute atomic E-state index is 0.0445. The van der Waals surface area contributed by atoms with Crippen molar-refractivity contribution in [2.45, 2.75) is 20.0 Å². The summed E-state index contributed by atoms with van der Waals surface area (Å²) in [5, 5.41) is 12.1. The van der Waals surface area contributed by atoms with Crippen LogP contribution in [0, 0.1) is 6.92 Å². The summed E-state index contributed by atoms with van der Waals surface area (Å²) < 4.78 is 0. The molecule has 0 spiro atoms. The van der Waals surface area contributed by atoms with E-state index in [1.54, 1.807) is 6.20 Å². The van der Waals surface area contributed by atoms with Crippen molar-refractivity contribution in [2.75, 3.05) is 6.54 Å². The first-order chi connectivity index (χ1) is 12.7. The Hall–Kier alpha value is -2.98. The number of rotatable bonds is 6. The van der Waals surface area contributed by atoms with E-state index in [4.69, 9.17) is 5.11 Å². The van der Waals surface area contributed by atoms with Crippen LogP contribution in [0.25, 0.3) is 11.3 Å². The Labute approximate surface area is 153 Å². The Bertz CT molecular complexity index is 874. The van der Waals surface area contributed by atoms with E-state index in [9.17, 15) is 4.79 Å². The van der Waals surface area contributed by atoms with E-state index in [1.807, 2.05) is 67.6 Å². The van der Waals surface area contributed by atoms with Crippen LogP contribution in [0.1, 0.15) is 27.0 Å². The van der Waals surface area contributed by atoms with Gasteiger partial charge in [-0.1, -0.05) is 42.5 Å². The van der Waals surface area contributed by atoms with Gasteiger partial charge in [0.2, 0.25) is 0 Å². The number of hydrogen-bond acceptors (Lipinski definition) is 3. The third kappa shape index (κ3) is 4.16. The van der Waals surface area contributed by atoms with Gasteiger partial charge in [0, 0.05) is 23.9 Å². The quantitative estimate of drug-likeness (QED) is 0.718. The first-order valence-corrected chi connectivity index (χ1v) is 8.67. The predicted molar refractivity (Wildman–Crippen MR) is 103 cm³/mol. The maximum atomic E-state index is 12.6. The van der Waals surface area contributed by atoms with Crippen LogP contribution < -0.4 is 5.32 Å². The maximum Gasteiger partial charge on any atom is 0.251 e. The first-order valence-electron chi connectivity index (χ1n) is 8.67. The molecular weight excluding hydrogens is 324 g/mol. The molecule has 0 saturated heterocycles. The van der Waals surface area contributed by atoms with E-state index in [0.717, 1.165) is 34.4 Å². The lowest BCUT2D eigenvalue weighted by molar-refractivity contribution is 0.0953. The Kier molecular flexibility index (Phi) is 5.77. The van der Waals surface area contributed by atoms with Gasteiger partial charge in [0.25, 0.3) is 5.91 Å². The molecule has 1 aromatic heterocycles. The van der Waals surface area contributed by atoms with E-state index in [0.29, 0.717) is 12.1 Å². The van der Waals surface area contributed by atoms with Crippen LogP contribution in [0.2, 0.25) is 0 Å². The van der Waals surface area contributed by atoms with Crippen LogP contribution in [-0.4, -0.2) is 22.5 Å². The second-order valence-electron chi connectivity index (χ2n) is 6.17. The molecule has 0 aliphatic carbocycles. The van der Waals surface area contributed by atoms with Crippen LogP contribution in [0.5, 0.6) is 0 Å². The minimum atomic E-state index is -0.0766. The Balaban J connectivity index is 1.66. The molecule has 1 amide bonds. The number of aromatic nitrogens is 1. The summed E-state index contributed by atoms with van der Waals surface area (Å²) in [5.41, 5.74) is 5.45. The summed E-state index contributed by atoms with van der Waals surface area (Å²) in [6.45, 7) is 2.56. The molecule has 3 rings (SSSR count). The molecule has 26 heavy (non-hydrogen) atoms. The predicted octanol–water partition coefficient (Wildman–Crippen LogP) is 3.52.